The van der Waals surface area contributed by atoms with E-state index in [9.17, 15) is 18.0 Å². The van der Waals surface area contributed by atoms with Gasteiger partial charge in [-0.3, -0.25) is 4.79 Å². The van der Waals surface area contributed by atoms with Gasteiger partial charge in [0.2, 0.25) is 5.43 Å². The Kier molecular flexibility index (Phi) is 3.25. The first kappa shape index (κ1) is 15.5. The molecule has 4 aromatic rings. The van der Waals surface area contributed by atoms with Crippen LogP contribution in [0, 0.1) is 0 Å². The zero-order chi connectivity index (χ0) is 17.8. The fraction of sp³-hybridized carbons (Fsp3) is 0.105. The summed E-state index contributed by atoms with van der Waals surface area (Å²) in [5.41, 5.74) is -1.04. The molecule has 0 aliphatic heterocycles. The Morgan fingerprint density at radius 2 is 1.60 bits per heavy atom. The predicted octanol–water partition coefficient (Wildman–Crippen LogP) is 5.13. The molecule has 1 aromatic heterocycles. The Morgan fingerprint density at radius 1 is 0.880 bits per heavy atom. The first-order chi connectivity index (χ1) is 11.9. The van der Waals surface area contributed by atoms with E-state index in [-0.39, 0.29) is 33.1 Å². The fourth-order valence-corrected chi connectivity index (χ4v) is 3.14. The van der Waals surface area contributed by atoms with E-state index in [1.54, 1.807) is 18.2 Å². The SMILES string of the molecule is COc1cccc2oc3ccc4cccc(C(F)(F)F)c4c3c(=O)c12. The number of ether oxygens (including phenoxy) is 1. The van der Waals surface area contributed by atoms with E-state index in [0.717, 1.165) is 6.07 Å². The van der Waals surface area contributed by atoms with Gasteiger partial charge in [0, 0.05) is 5.39 Å². The fourth-order valence-electron chi connectivity index (χ4n) is 3.14. The van der Waals surface area contributed by atoms with E-state index in [4.69, 9.17) is 9.15 Å². The Labute approximate surface area is 139 Å². The first-order valence-electron chi connectivity index (χ1n) is 7.44. The molecule has 1 heterocycles. The van der Waals surface area contributed by atoms with Crippen LogP contribution in [0.2, 0.25) is 0 Å². The highest BCUT2D eigenvalue weighted by Crippen LogP contribution is 2.38. The second-order valence-corrected chi connectivity index (χ2v) is 5.60. The summed E-state index contributed by atoms with van der Waals surface area (Å²) in [6, 6.07) is 11.7. The molecule has 3 aromatic carbocycles. The summed E-state index contributed by atoms with van der Waals surface area (Å²) in [5.74, 6) is 0.259. The van der Waals surface area contributed by atoms with Crippen LogP contribution >= 0.6 is 0 Å². The molecule has 0 N–H and O–H groups in total. The topological polar surface area (TPSA) is 39.4 Å². The Bertz CT molecular complexity index is 1190. The van der Waals surface area contributed by atoms with Gasteiger partial charge in [-0.1, -0.05) is 24.3 Å². The van der Waals surface area contributed by atoms with E-state index >= 15 is 0 Å². The lowest BCUT2D eigenvalue weighted by Crippen LogP contribution is -2.10. The van der Waals surface area contributed by atoms with Gasteiger partial charge in [0.25, 0.3) is 0 Å². The molecular formula is C19H11F3O3. The van der Waals surface area contributed by atoms with Crippen LogP contribution in [0.4, 0.5) is 13.2 Å². The molecule has 4 rings (SSSR count). The molecule has 0 radical (unpaired) electrons. The van der Waals surface area contributed by atoms with Gasteiger partial charge in [0.15, 0.2) is 0 Å². The van der Waals surface area contributed by atoms with Gasteiger partial charge in [-0.2, -0.15) is 13.2 Å². The molecule has 6 heteroatoms. The lowest BCUT2D eigenvalue weighted by molar-refractivity contribution is -0.136. The van der Waals surface area contributed by atoms with Crippen molar-refractivity contribution in [3.8, 4) is 5.75 Å². The normalized spacial score (nSPS) is 12.2. The number of fused-ring (bicyclic) bond motifs is 4. The molecule has 0 amide bonds. The molecule has 0 aliphatic rings. The van der Waals surface area contributed by atoms with E-state index < -0.39 is 17.2 Å². The monoisotopic (exact) mass is 344 g/mol. The van der Waals surface area contributed by atoms with Crippen molar-refractivity contribution in [2.24, 2.45) is 0 Å². The summed E-state index contributed by atoms with van der Waals surface area (Å²) in [4.78, 5) is 13.1. The molecule has 0 spiro atoms. The summed E-state index contributed by atoms with van der Waals surface area (Å²) in [6.07, 6.45) is -4.59. The predicted molar refractivity (Wildman–Crippen MR) is 89.1 cm³/mol. The van der Waals surface area contributed by atoms with Crippen LogP contribution in [-0.4, -0.2) is 7.11 Å². The average Bonchev–Trinajstić information content (AvgIpc) is 2.59. The first-order valence-corrected chi connectivity index (χ1v) is 7.44. The van der Waals surface area contributed by atoms with Gasteiger partial charge in [0.1, 0.15) is 22.3 Å². The van der Waals surface area contributed by atoms with Crippen molar-refractivity contribution in [2.45, 2.75) is 6.18 Å². The molecule has 0 unspecified atom stereocenters. The van der Waals surface area contributed by atoms with Crippen LogP contribution in [0.15, 0.2) is 57.7 Å². The Morgan fingerprint density at radius 3 is 2.32 bits per heavy atom. The molecule has 3 nitrogen and oxygen atoms in total. The van der Waals surface area contributed by atoms with E-state index in [2.05, 4.69) is 0 Å². The molecule has 126 valence electrons. The van der Waals surface area contributed by atoms with Gasteiger partial charge in [0.05, 0.1) is 18.1 Å². The van der Waals surface area contributed by atoms with Crippen molar-refractivity contribution in [1.29, 1.82) is 0 Å². The number of rotatable bonds is 1. The Hall–Kier alpha value is -3.02. The standard InChI is InChI=1S/C19H11F3O3/c1-24-12-6-3-7-13-16(12)18(23)17-14(25-13)9-8-10-4-2-5-11(15(10)17)19(20,21)22/h2-9H,1H3. The van der Waals surface area contributed by atoms with E-state index in [1.807, 2.05) is 0 Å². The molecule has 0 aliphatic carbocycles. The maximum Gasteiger partial charge on any atom is 0.417 e. The minimum atomic E-state index is -4.59. The lowest BCUT2D eigenvalue weighted by atomic mass is 9.98. The van der Waals surface area contributed by atoms with Crippen molar-refractivity contribution < 1.29 is 22.3 Å². The van der Waals surface area contributed by atoms with Crippen molar-refractivity contribution in [3.63, 3.8) is 0 Å². The smallest absolute Gasteiger partial charge is 0.417 e. The van der Waals surface area contributed by atoms with Gasteiger partial charge in [-0.05, 0) is 29.7 Å². The molecule has 0 bridgehead atoms. The van der Waals surface area contributed by atoms with Crippen LogP contribution in [0.5, 0.6) is 5.75 Å². The van der Waals surface area contributed by atoms with Gasteiger partial charge in [-0.15, -0.1) is 0 Å². The zero-order valence-corrected chi connectivity index (χ0v) is 13.0. The summed E-state index contributed by atoms with van der Waals surface area (Å²) in [7, 11) is 1.39. The van der Waals surface area contributed by atoms with E-state index in [1.165, 1.54) is 31.4 Å². The van der Waals surface area contributed by atoms with Gasteiger partial charge in [-0.25, -0.2) is 0 Å². The molecular weight excluding hydrogens is 333 g/mol. The Balaban J connectivity index is 2.32. The van der Waals surface area contributed by atoms with Crippen LogP contribution in [-0.2, 0) is 6.18 Å². The maximum absolute atomic E-state index is 13.5. The molecule has 0 atom stereocenters. The third kappa shape index (κ3) is 2.25. The number of alkyl halides is 3. The van der Waals surface area contributed by atoms with Gasteiger partial charge >= 0.3 is 6.18 Å². The second-order valence-electron chi connectivity index (χ2n) is 5.60. The third-order valence-corrected chi connectivity index (χ3v) is 4.19. The molecule has 25 heavy (non-hydrogen) atoms. The van der Waals surface area contributed by atoms with Crippen LogP contribution in [0.3, 0.4) is 0 Å². The van der Waals surface area contributed by atoms with Crippen LogP contribution in [0.25, 0.3) is 32.7 Å². The summed E-state index contributed by atoms with van der Waals surface area (Å²) < 4.78 is 51.3. The van der Waals surface area contributed by atoms with Crippen LogP contribution < -0.4 is 10.2 Å². The summed E-state index contributed by atoms with van der Waals surface area (Å²) in [5, 5.41) is 0.197. The number of benzene rings is 3. The number of methoxy groups -OCH3 is 1. The highest BCUT2D eigenvalue weighted by atomic mass is 19.4. The highest BCUT2D eigenvalue weighted by molar-refractivity contribution is 6.10. The zero-order valence-electron chi connectivity index (χ0n) is 13.0. The minimum Gasteiger partial charge on any atom is -0.496 e. The number of halogens is 3. The third-order valence-electron chi connectivity index (χ3n) is 4.19. The number of hydrogen-bond donors (Lipinski definition) is 0. The van der Waals surface area contributed by atoms with Gasteiger partial charge < -0.3 is 9.15 Å². The number of hydrogen-bond acceptors (Lipinski definition) is 3. The highest BCUT2D eigenvalue weighted by Gasteiger charge is 2.33. The minimum absolute atomic E-state index is 0.0950. The lowest BCUT2D eigenvalue weighted by Gasteiger charge is -2.13. The average molecular weight is 344 g/mol. The van der Waals surface area contributed by atoms with Crippen molar-refractivity contribution >= 4 is 32.7 Å². The van der Waals surface area contributed by atoms with Crippen molar-refractivity contribution in [3.05, 3.63) is 64.3 Å². The van der Waals surface area contributed by atoms with Crippen molar-refractivity contribution in [2.75, 3.05) is 7.11 Å². The quantitative estimate of drug-likeness (QED) is 0.355. The van der Waals surface area contributed by atoms with E-state index in [0.29, 0.717) is 5.39 Å². The van der Waals surface area contributed by atoms with Crippen LogP contribution in [0.1, 0.15) is 5.56 Å². The summed E-state index contributed by atoms with van der Waals surface area (Å²) >= 11 is 0. The molecule has 0 fully saturated rings. The molecule has 0 saturated carbocycles. The second kappa shape index (κ2) is 5.24. The maximum atomic E-state index is 13.5. The summed E-state index contributed by atoms with van der Waals surface area (Å²) in [6.45, 7) is 0. The molecule has 0 saturated heterocycles. The largest absolute Gasteiger partial charge is 0.496 e. The van der Waals surface area contributed by atoms with Crippen molar-refractivity contribution in [1.82, 2.24) is 0 Å².